The van der Waals surface area contributed by atoms with E-state index in [1.165, 1.54) is 30.4 Å². The topological polar surface area (TPSA) is 55.4 Å². The molecule has 0 radical (unpaired) electrons. The first-order valence-corrected chi connectivity index (χ1v) is 9.24. The normalized spacial score (nSPS) is 26.4. The van der Waals surface area contributed by atoms with Gasteiger partial charge in [0.15, 0.2) is 0 Å². The average Bonchev–Trinajstić information content (AvgIpc) is 2.56. The van der Waals surface area contributed by atoms with Crippen molar-refractivity contribution in [2.75, 3.05) is 13.2 Å². The Morgan fingerprint density at radius 1 is 1.21 bits per heavy atom. The molecule has 1 aliphatic heterocycles. The summed E-state index contributed by atoms with van der Waals surface area (Å²) in [6.07, 6.45) is 8.21. The zero-order valence-corrected chi connectivity index (χ0v) is 14.1. The first-order valence-electron chi connectivity index (χ1n) is 9.24. The Bertz CT molecular complexity index is 665. The number of ether oxygens (including phenoxy) is 1. The lowest BCUT2D eigenvalue weighted by atomic mass is 9.67. The molecule has 0 unspecified atom stereocenters. The molecular weight excluding hydrogens is 302 g/mol. The summed E-state index contributed by atoms with van der Waals surface area (Å²) in [5, 5.41) is 3.03. The SMILES string of the molecule is O=C(OCC1CCC1)c1ccc2c(c1)CC[C@@]1(CCCNC1=O)C2. The molecule has 2 fully saturated rings. The van der Waals surface area contributed by atoms with Gasteiger partial charge in [-0.15, -0.1) is 0 Å². The Hall–Kier alpha value is -1.84. The summed E-state index contributed by atoms with van der Waals surface area (Å²) >= 11 is 0. The minimum Gasteiger partial charge on any atom is -0.462 e. The fourth-order valence-corrected chi connectivity index (χ4v) is 4.26. The van der Waals surface area contributed by atoms with E-state index in [1.54, 1.807) is 0 Å². The molecule has 128 valence electrons. The van der Waals surface area contributed by atoms with Gasteiger partial charge in [-0.2, -0.15) is 0 Å². The molecule has 4 nitrogen and oxygen atoms in total. The number of carbonyl (C=O) groups excluding carboxylic acids is 2. The third-order valence-corrected chi connectivity index (χ3v) is 6.12. The van der Waals surface area contributed by atoms with Gasteiger partial charge in [0.2, 0.25) is 5.91 Å². The van der Waals surface area contributed by atoms with Gasteiger partial charge < -0.3 is 10.1 Å². The standard InChI is InChI=1S/C20H25NO3/c22-18(24-13-14-3-1-4-14)16-5-6-17-12-20(9-7-15(17)11-16)8-2-10-21-19(20)23/h5-6,11,14H,1-4,7-10,12-13H2,(H,21,23)/t20-/m0/s1. The first-order chi connectivity index (χ1) is 11.7. The lowest BCUT2D eigenvalue weighted by Crippen LogP contribution is -2.48. The molecule has 2 aliphatic carbocycles. The Morgan fingerprint density at radius 2 is 2.08 bits per heavy atom. The molecule has 1 aromatic rings. The Balaban J connectivity index is 1.46. The summed E-state index contributed by atoms with van der Waals surface area (Å²) in [5.41, 5.74) is 2.85. The molecule has 0 aromatic heterocycles. The number of hydrogen-bond acceptors (Lipinski definition) is 3. The van der Waals surface area contributed by atoms with Crippen molar-refractivity contribution in [1.29, 1.82) is 0 Å². The lowest BCUT2D eigenvalue weighted by molar-refractivity contribution is -0.134. The molecule has 1 N–H and O–H groups in total. The summed E-state index contributed by atoms with van der Waals surface area (Å²) in [7, 11) is 0. The van der Waals surface area contributed by atoms with E-state index in [2.05, 4.69) is 5.32 Å². The Morgan fingerprint density at radius 3 is 2.83 bits per heavy atom. The molecule has 0 bridgehead atoms. The number of piperidine rings is 1. The van der Waals surface area contributed by atoms with E-state index in [1.807, 2.05) is 18.2 Å². The van der Waals surface area contributed by atoms with Crippen molar-refractivity contribution in [1.82, 2.24) is 5.32 Å². The quantitative estimate of drug-likeness (QED) is 0.868. The summed E-state index contributed by atoms with van der Waals surface area (Å²) in [6, 6.07) is 5.87. The van der Waals surface area contributed by atoms with Crippen molar-refractivity contribution in [3.8, 4) is 0 Å². The molecule has 1 saturated heterocycles. The molecule has 1 aromatic carbocycles. The molecule has 1 saturated carbocycles. The maximum absolute atomic E-state index is 12.4. The van der Waals surface area contributed by atoms with Crippen LogP contribution in [-0.2, 0) is 22.4 Å². The van der Waals surface area contributed by atoms with Crippen LogP contribution in [-0.4, -0.2) is 25.0 Å². The number of aryl methyl sites for hydroxylation is 1. The lowest BCUT2D eigenvalue weighted by Gasteiger charge is -2.39. The van der Waals surface area contributed by atoms with Crippen molar-refractivity contribution >= 4 is 11.9 Å². The second-order valence-electron chi connectivity index (χ2n) is 7.70. The predicted octanol–water partition coefficient (Wildman–Crippen LogP) is 3.03. The fraction of sp³-hybridized carbons (Fsp3) is 0.600. The number of amides is 1. The van der Waals surface area contributed by atoms with E-state index in [0.717, 1.165) is 38.6 Å². The highest BCUT2D eigenvalue weighted by Gasteiger charge is 2.42. The van der Waals surface area contributed by atoms with E-state index in [0.29, 0.717) is 18.1 Å². The average molecular weight is 327 g/mol. The summed E-state index contributed by atoms with van der Waals surface area (Å²) in [6.45, 7) is 1.36. The maximum Gasteiger partial charge on any atom is 0.338 e. The highest BCUT2D eigenvalue weighted by atomic mass is 16.5. The van der Waals surface area contributed by atoms with Crippen LogP contribution in [0.2, 0.25) is 0 Å². The van der Waals surface area contributed by atoms with Crippen molar-refractivity contribution < 1.29 is 14.3 Å². The van der Waals surface area contributed by atoms with Gasteiger partial charge in [-0.3, -0.25) is 4.79 Å². The van der Waals surface area contributed by atoms with Crippen molar-refractivity contribution in [2.45, 2.75) is 51.4 Å². The zero-order chi connectivity index (χ0) is 16.6. The molecule has 24 heavy (non-hydrogen) atoms. The molecule has 3 aliphatic rings. The number of hydrogen-bond donors (Lipinski definition) is 1. The highest BCUT2D eigenvalue weighted by Crippen LogP contribution is 2.41. The van der Waals surface area contributed by atoms with E-state index >= 15 is 0 Å². The van der Waals surface area contributed by atoms with Crippen molar-refractivity contribution in [3.05, 3.63) is 34.9 Å². The van der Waals surface area contributed by atoms with E-state index in [9.17, 15) is 9.59 Å². The van der Waals surface area contributed by atoms with Gasteiger partial charge >= 0.3 is 5.97 Å². The summed E-state index contributed by atoms with van der Waals surface area (Å²) < 4.78 is 5.45. The van der Waals surface area contributed by atoms with E-state index < -0.39 is 0 Å². The third-order valence-electron chi connectivity index (χ3n) is 6.12. The van der Waals surface area contributed by atoms with Gasteiger partial charge in [-0.05, 0) is 74.1 Å². The third kappa shape index (κ3) is 2.83. The van der Waals surface area contributed by atoms with Crippen LogP contribution in [0, 0.1) is 11.3 Å². The van der Waals surface area contributed by atoms with Gasteiger partial charge in [0.25, 0.3) is 0 Å². The number of benzene rings is 1. The van der Waals surface area contributed by atoms with Crippen LogP contribution in [0.25, 0.3) is 0 Å². The molecule has 1 atom stereocenters. The second kappa shape index (κ2) is 6.23. The van der Waals surface area contributed by atoms with Gasteiger partial charge in [-0.25, -0.2) is 4.79 Å². The molecule has 1 spiro atoms. The minimum absolute atomic E-state index is 0.208. The first kappa shape index (κ1) is 15.7. The molecule has 1 amide bonds. The minimum atomic E-state index is -0.225. The number of esters is 1. The molecular formula is C20H25NO3. The van der Waals surface area contributed by atoms with Crippen molar-refractivity contribution in [3.63, 3.8) is 0 Å². The van der Waals surface area contributed by atoms with Crippen LogP contribution < -0.4 is 5.32 Å². The van der Waals surface area contributed by atoms with Crippen LogP contribution in [0.1, 0.15) is 60.0 Å². The summed E-state index contributed by atoms with van der Waals surface area (Å²) in [4.78, 5) is 24.6. The van der Waals surface area contributed by atoms with Gasteiger partial charge in [0.05, 0.1) is 17.6 Å². The number of fused-ring (bicyclic) bond motifs is 1. The molecule has 4 rings (SSSR count). The van der Waals surface area contributed by atoms with Crippen molar-refractivity contribution in [2.24, 2.45) is 11.3 Å². The van der Waals surface area contributed by atoms with E-state index in [-0.39, 0.29) is 17.3 Å². The number of rotatable bonds is 3. The van der Waals surface area contributed by atoms with Gasteiger partial charge in [0, 0.05) is 6.54 Å². The highest BCUT2D eigenvalue weighted by molar-refractivity contribution is 5.90. The van der Waals surface area contributed by atoms with Crippen LogP contribution in [0.4, 0.5) is 0 Å². The summed E-state index contributed by atoms with van der Waals surface area (Å²) in [5.74, 6) is 0.569. The second-order valence-corrected chi connectivity index (χ2v) is 7.70. The fourth-order valence-electron chi connectivity index (χ4n) is 4.26. The van der Waals surface area contributed by atoms with Crippen LogP contribution in [0.3, 0.4) is 0 Å². The maximum atomic E-state index is 12.4. The number of carbonyl (C=O) groups is 2. The van der Waals surface area contributed by atoms with Gasteiger partial charge in [0.1, 0.15) is 0 Å². The predicted molar refractivity (Wildman–Crippen MR) is 90.8 cm³/mol. The largest absolute Gasteiger partial charge is 0.462 e. The Labute approximate surface area is 143 Å². The van der Waals surface area contributed by atoms with E-state index in [4.69, 9.17) is 4.74 Å². The Kier molecular flexibility index (Phi) is 4.07. The van der Waals surface area contributed by atoms with Crippen LogP contribution >= 0.6 is 0 Å². The molecule has 1 heterocycles. The van der Waals surface area contributed by atoms with Gasteiger partial charge in [-0.1, -0.05) is 12.5 Å². The monoisotopic (exact) mass is 327 g/mol. The zero-order valence-electron chi connectivity index (χ0n) is 14.1. The van der Waals surface area contributed by atoms with Crippen LogP contribution in [0.15, 0.2) is 18.2 Å². The smallest absolute Gasteiger partial charge is 0.338 e. The number of nitrogens with one attached hydrogen (secondary N) is 1. The molecule has 4 heteroatoms. The van der Waals surface area contributed by atoms with Crippen LogP contribution in [0.5, 0.6) is 0 Å².